The maximum atomic E-state index is 12.0. The predicted octanol–water partition coefficient (Wildman–Crippen LogP) is 2.41. The summed E-state index contributed by atoms with van der Waals surface area (Å²) in [5, 5.41) is 0. The molecule has 2 N–H and O–H groups in total. The molecule has 0 saturated carbocycles. The molecule has 2 rings (SSSR count). The van der Waals surface area contributed by atoms with Crippen LogP contribution < -0.4 is 15.6 Å². The zero-order valence-corrected chi connectivity index (χ0v) is 13.9. The van der Waals surface area contributed by atoms with Crippen LogP contribution in [0.15, 0.2) is 54.6 Å². The largest absolute Gasteiger partial charge is 0.481 e. The van der Waals surface area contributed by atoms with Gasteiger partial charge in [0.2, 0.25) is 5.91 Å². The Morgan fingerprint density at radius 2 is 1.62 bits per heavy atom. The number of benzene rings is 2. The maximum absolute atomic E-state index is 12.0. The molecule has 0 unspecified atom stereocenters. The van der Waals surface area contributed by atoms with Crippen LogP contribution in [0, 0.1) is 0 Å². The molecule has 2 aromatic carbocycles. The number of hydrogen-bond donors (Lipinski definition) is 2. The lowest BCUT2D eigenvalue weighted by molar-refractivity contribution is -0.132. The van der Waals surface area contributed by atoms with Gasteiger partial charge in [0.1, 0.15) is 5.75 Å². The zero-order valence-electron chi connectivity index (χ0n) is 13.9. The third-order valence-electron chi connectivity index (χ3n) is 3.55. The Hall–Kier alpha value is -2.82. The first-order valence-electron chi connectivity index (χ1n) is 7.96. The lowest BCUT2D eigenvalue weighted by Gasteiger charge is -2.15. The van der Waals surface area contributed by atoms with E-state index in [2.05, 4.69) is 17.8 Å². The van der Waals surface area contributed by atoms with Crippen molar-refractivity contribution in [2.75, 3.05) is 0 Å². The summed E-state index contributed by atoms with van der Waals surface area (Å²) in [4.78, 5) is 23.8. The number of nitrogens with one attached hydrogen (secondary N) is 2. The average Bonchev–Trinajstić information content (AvgIpc) is 2.61. The number of carbonyl (C=O) groups is 2. The molecule has 0 aliphatic rings. The van der Waals surface area contributed by atoms with Gasteiger partial charge in [-0.2, -0.15) is 0 Å². The number of hydrazine groups is 1. The second kappa shape index (κ2) is 8.72. The Morgan fingerprint density at radius 1 is 0.958 bits per heavy atom. The van der Waals surface area contributed by atoms with Crippen molar-refractivity contribution in [1.29, 1.82) is 0 Å². The van der Waals surface area contributed by atoms with Gasteiger partial charge in [-0.3, -0.25) is 20.4 Å². The summed E-state index contributed by atoms with van der Waals surface area (Å²) in [5.41, 5.74) is 6.86. The minimum absolute atomic E-state index is 0.203. The molecule has 5 nitrogen and oxygen atoms in total. The maximum Gasteiger partial charge on any atom is 0.279 e. The summed E-state index contributed by atoms with van der Waals surface area (Å²) in [6.45, 7) is 3.70. The summed E-state index contributed by atoms with van der Waals surface area (Å²) in [6.07, 6.45) is 0.438. The van der Waals surface area contributed by atoms with E-state index in [4.69, 9.17) is 4.74 Å². The molecular formula is C19H22N2O3. The smallest absolute Gasteiger partial charge is 0.279 e. The van der Waals surface area contributed by atoms with E-state index in [0.29, 0.717) is 5.75 Å². The van der Waals surface area contributed by atoms with E-state index in [1.54, 1.807) is 6.92 Å². The molecule has 0 radical (unpaired) electrons. The van der Waals surface area contributed by atoms with Crippen molar-refractivity contribution in [3.63, 3.8) is 0 Å². The highest BCUT2D eigenvalue weighted by Crippen LogP contribution is 2.14. The first-order chi connectivity index (χ1) is 11.6. The lowest BCUT2D eigenvalue weighted by atomic mass is 10.1. The molecule has 0 heterocycles. The minimum atomic E-state index is -0.713. The van der Waals surface area contributed by atoms with Crippen molar-refractivity contribution in [1.82, 2.24) is 10.9 Å². The number of ether oxygens (including phenoxy) is 1. The Balaban J connectivity index is 1.77. The van der Waals surface area contributed by atoms with Crippen LogP contribution in [-0.4, -0.2) is 17.9 Å². The van der Waals surface area contributed by atoms with E-state index in [0.717, 1.165) is 12.0 Å². The molecule has 1 atom stereocenters. The molecule has 126 valence electrons. The molecule has 0 fully saturated rings. The van der Waals surface area contributed by atoms with Gasteiger partial charge in [0.05, 0.1) is 6.42 Å². The molecule has 24 heavy (non-hydrogen) atoms. The van der Waals surface area contributed by atoms with Crippen molar-refractivity contribution in [2.24, 2.45) is 0 Å². The predicted molar refractivity (Wildman–Crippen MR) is 92.3 cm³/mol. The van der Waals surface area contributed by atoms with Gasteiger partial charge in [-0.05, 0) is 36.6 Å². The Morgan fingerprint density at radius 3 is 2.25 bits per heavy atom. The monoisotopic (exact) mass is 326 g/mol. The fraction of sp³-hybridized carbons (Fsp3) is 0.263. The summed E-state index contributed by atoms with van der Waals surface area (Å²) in [5.74, 6) is -0.0736. The van der Waals surface area contributed by atoms with Gasteiger partial charge in [0.25, 0.3) is 5.91 Å². The van der Waals surface area contributed by atoms with Crippen molar-refractivity contribution in [3.8, 4) is 5.75 Å². The molecule has 2 aromatic rings. The van der Waals surface area contributed by atoms with Crippen LogP contribution >= 0.6 is 0 Å². The standard InChI is InChI=1S/C19H22N2O3/c1-3-15-9-11-17(12-10-15)24-14(2)19(23)21-20-18(22)13-16-7-5-4-6-8-16/h4-12,14H,3,13H2,1-2H3,(H,20,22)(H,21,23)/t14-/m0/s1. The number of rotatable bonds is 6. The minimum Gasteiger partial charge on any atom is -0.481 e. The van der Waals surface area contributed by atoms with Gasteiger partial charge in [-0.1, -0.05) is 49.4 Å². The Kier molecular flexibility index (Phi) is 6.37. The fourth-order valence-electron chi connectivity index (χ4n) is 2.12. The van der Waals surface area contributed by atoms with Gasteiger partial charge < -0.3 is 4.74 Å². The molecule has 0 saturated heterocycles. The van der Waals surface area contributed by atoms with E-state index in [1.807, 2.05) is 54.6 Å². The summed E-state index contributed by atoms with van der Waals surface area (Å²) < 4.78 is 5.56. The van der Waals surface area contributed by atoms with Crippen LogP contribution in [0.2, 0.25) is 0 Å². The molecule has 5 heteroatoms. The molecule has 2 amide bonds. The van der Waals surface area contributed by atoms with Gasteiger partial charge in [0, 0.05) is 0 Å². The number of hydrogen-bond acceptors (Lipinski definition) is 3. The van der Waals surface area contributed by atoms with Gasteiger partial charge in [0.15, 0.2) is 6.10 Å². The van der Waals surface area contributed by atoms with Crippen molar-refractivity contribution < 1.29 is 14.3 Å². The lowest BCUT2D eigenvalue weighted by Crippen LogP contribution is -2.47. The quantitative estimate of drug-likeness (QED) is 0.801. The molecule has 0 aliphatic heterocycles. The third-order valence-corrected chi connectivity index (χ3v) is 3.55. The number of aryl methyl sites for hydroxylation is 1. The van der Waals surface area contributed by atoms with Gasteiger partial charge in [-0.15, -0.1) is 0 Å². The highest BCUT2D eigenvalue weighted by molar-refractivity contribution is 5.85. The number of carbonyl (C=O) groups excluding carboxylic acids is 2. The van der Waals surface area contributed by atoms with Crippen LogP contribution in [0.1, 0.15) is 25.0 Å². The fourth-order valence-corrected chi connectivity index (χ4v) is 2.12. The van der Waals surface area contributed by atoms with Crippen molar-refractivity contribution in [2.45, 2.75) is 32.8 Å². The topological polar surface area (TPSA) is 67.4 Å². The number of amides is 2. The molecule has 0 aliphatic carbocycles. The summed E-state index contributed by atoms with van der Waals surface area (Å²) >= 11 is 0. The van der Waals surface area contributed by atoms with Crippen LogP contribution in [0.3, 0.4) is 0 Å². The molecule has 0 aromatic heterocycles. The summed E-state index contributed by atoms with van der Waals surface area (Å²) in [6, 6.07) is 16.9. The van der Waals surface area contributed by atoms with E-state index in [9.17, 15) is 9.59 Å². The van der Waals surface area contributed by atoms with Crippen LogP contribution in [0.4, 0.5) is 0 Å². The molecule has 0 bridgehead atoms. The Labute approximate surface area is 142 Å². The van der Waals surface area contributed by atoms with Crippen LogP contribution in [0.25, 0.3) is 0 Å². The molecule has 0 spiro atoms. The first kappa shape index (κ1) is 17.5. The second-order valence-corrected chi connectivity index (χ2v) is 5.46. The van der Waals surface area contributed by atoms with E-state index < -0.39 is 12.0 Å². The summed E-state index contributed by atoms with van der Waals surface area (Å²) in [7, 11) is 0. The first-order valence-corrected chi connectivity index (χ1v) is 7.96. The SMILES string of the molecule is CCc1ccc(O[C@@H](C)C(=O)NNC(=O)Cc2ccccc2)cc1. The second-order valence-electron chi connectivity index (χ2n) is 5.46. The average molecular weight is 326 g/mol. The highest BCUT2D eigenvalue weighted by Gasteiger charge is 2.15. The van der Waals surface area contributed by atoms with E-state index >= 15 is 0 Å². The van der Waals surface area contributed by atoms with Crippen LogP contribution in [0.5, 0.6) is 5.75 Å². The van der Waals surface area contributed by atoms with E-state index in [-0.39, 0.29) is 12.3 Å². The molecular weight excluding hydrogens is 304 g/mol. The highest BCUT2D eigenvalue weighted by atomic mass is 16.5. The zero-order chi connectivity index (χ0) is 17.4. The van der Waals surface area contributed by atoms with Gasteiger partial charge in [-0.25, -0.2) is 0 Å². The van der Waals surface area contributed by atoms with E-state index in [1.165, 1.54) is 5.56 Å². The van der Waals surface area contributed by atoms with Gasteiger partial charge >= 0.3 is 0 Å². The third kappa shape index (κ3) is 5.43. The van der Waals surface area contributed by atoms with Crippen molar-refractivity contribution >= 4 is 11.8 Å². The Bertz CT molecular complexity index is 669. The van der Waals surface area contributed by atoms with Crippen LogP contribution in [-0.2, 0) is 22.4 Å². The van der Waals surface area contributed by atoms with Crippen molar-refractivity contribution in [3.05, 3.63) is 65.7 Å². The normalized spacial score (nSPS) is 11.4.